The number of hydrogen-bond acceptors (Lipinski definition) is 3. The van der Waals surface area contributed by atoms with Gasteiger partial charge in [0.1, 0.15) is 0 Å². The molecule has 0 spiro atoms. The molecule has 1 aliphatic rings. The minimum Gasteiger partial charge on any atom is -0.319 e. The number of hydrogen-bond donors (Lipinski definition) is 1. The lowest BCUT2D eigenvalue weighted by atomic mass is 10.0. The fourth-order valence-electron chi connectivity index (χ4n) is 1.96. The summed E-state index contributed by atoms with van der Waals surface area (Å²) in [6, 6.07) is 3.47. The maximum absolute atomic E-state index is 12.3. The number of imide groups is 1. The Morgan fingerprint density at radius 1 is 1.47 bits per heavy atom. The van der Waals surface area contributed by atoms with Crippen molar-refractivity contribution < 1.29 is 9.59 Å². The van der Waals surface area contributed by atoms with Crippen molar-refractivity contribution in [1.82, 2.24) is 10.2 Å². The summed E-state index contributed by atoms with van der Waals surface area (Å²) in [6.45, 7) is 6.20. The van der Waals surface area contributed by atoms with Gasteiger partial charge in [0.25, 0.3) is 5.91 Å². The Kier molecular flexibility index (Phi) is 2.95. The highest BCUT2D eigenvalue weighted by molar-refractivity contribution is 7.10. The fourth-order valence-corrected chi connectivity index (χ4v) is 2.79. The van der Waals surface area contributed by atoms with E-state index in [4.69, 9.17) is 0 Å². The van der Waals surface area contributed by atoms with Crippen molar-refractivity contribution in [1.29, 1.82) is 0 Å². The van der Waals surface area contributed by atoms with E-state index in [0.29, 0.717) is 6.54 Å². The lowest BCUT2D eigenvalue weighted by molar-refractivity contribution is -0.131. The van der Waals surface area contributed by atoms with Crippen LogP contribution in [0.15, 0.2) is 17.5 Å². The van der Waals surface area contributed by atoms with E-state index >= 15 is 0 Å². The van der Waals surface area contributed by atoms with Crippen LogP contribution in [0.1, 0.15) is 25.6 Å². The zero-order valence-corrected chi connectivity index (χ0v) is 11.0. The van der Waals surface area contributed by atoms with E-state index < -0.39 is 5.54 Å². The van der Waals surface area contributed by atoms with Crippen molar-refractivity contribution in [3.63, 3.8) is 0 Å². The van der Waals surface area contributed by atoms with Crippen LogP contribution in [0.4, 0.5) is 4.79 Å². The third-order valence-electron chi connectivity index (χ3n) is 2.84. The molecule has 1 aliphatic heterocycles. The van der Waals surface area contributed by atoms with Crippen molar-refractivity contribution in [3.05, 3.63) is 22.4 Å². The normalized spacial score (nSPS) is 24.6. The highest BCUT2D eigenvalue weighted by Crippen LogP contribution is 2.32. The van der Waals surface area contributed by atoms with Crippen LogP contribution in [0.2, 0.25) is 0 Å². The van der Waals surface area contributed by atoms with Gasteiger partial charge in [0.05, 0.1) is 0 Å². The third kappa shape index (κ3) is 1.95. The Morgan fingerprint density at radius 3 is 2.71 bits per heavy atom. The van der Waals surface area contributed by atoms with Gasteiger partial charge in [0, 0.05) is 11.4 Å². The first-order valence-corrected chi connectivity index (χ1v) is 6.51. The molecule has 1 aromatic heterocycles. The van der Waals surface area contributed by atoms with Gasteiger partial charge in [-0.1, -0.05) is 19.9 Å². The summed E-state index contributed by atoms with van der Waals surface area (Å²) in [5.41, 5.74) is -0.889. The molecule has 17 heavy (non-hydrogen) atoms. The number of urea groups is 1. The quantitative estimate of drug-likeness (QED) is 0.838. The number of rotatable bonds is 3. The molecule has 2 heterocycles. The van der Waals surface area contributed by atoms with Gasteiger partial charge in [-0.25, -0.2) is 4.79 Å². The zero-order valence-electron chi connectivity index (χ0n) is 10.2. The van der Waals surface area contributed by atoms with E-state index in [2.05, 4.69) is 5.32 Å². The summed E-state index contributed by atoms with van der Waals surface area (Å²) in [7, 11) is 0. The number of carbonyl (C=O) groups excluding carboxylic acids is 2. The maximum Gasteiger partial charge on any atom is 0.325 e. The Hall–Kier alpha value is -1.36. The SMILES string of the molecule is CC(C)CN1C(=O)NC(C)(c2cccs2)C1=O. The molecule has 1 atom stereocenters. The standard InChI is InChI=1S/C12H16N2O2S/c1-8(2)7-14-10(15)12(3,13-11(14)16)9-5-4-6-17-9/h4-6,8H,7H2,1-3H3,(H,13,16). The highest BCUT2D eigenvalue weighted by atomic mass is 32.1. The summed E-state index contributed by atoms with van der Waals surface area (Å²) in [5, 5.41) is 4.69. The van der Waals surface area contributed by atoms with Crippen LogP contribution >= 0.6 is 11.3 Å². The monoisotopic (exact) mass is 252 g/mol. The van der Waals surface area contributed by atoms with E-state index in [0.717, 1.165) is 4.88 Å². The van der Waals surface area contributed by atoms with E-state index in [9.17, 15) is 9.59 Å². The summed E-state index contributed by atoms with van der Waals surface area (Å²) in [4.78, 5) is 26.3. The third-order valence-corrected chi connectivity index (χ3v) is 3.93. The van der Waals surface area contributed by atoms with Crippen LogP contribution in [0.3, 0.4) is 0 Å². The molecule has 0 radical (unpaired) electrons. The van der Waals surface area contributed by atoms with Gasteiger partial charge in [-0.3, -0.25) is 9.69 Å². The van der Waals surface area contributed by atoms with Gasteiger partial charge >= 0.3 is 6.03 Å². The van der Waals surface area contributed by atoms with Crippen LogP contribution in [-0.2, 0) is 10.3 Å². The van der Waals surface area contributed by atoms with E-state index in [1.807, 2.05) is 31.4 Å². The minimum atomic E-state index is -0.889. The largest absolute Gasteiger partial charge is 0.325 e. The van der Waals surface area contributed by atoms with Gasteiger partial charge in [0.15, 0.2) is 5.54 Å². The highest BCUT2D eigenvalue weighted by Gasteiger charge is 2.49. The molecule has 0 aromatic carbocycles. The van der Waals surface area contributed by atoms with Gasteiger partial charge in [0.2, 0.25) is 0 Å². The van der Waals surface area contributed by atoms with Crippen molar-refractivity contribution in [2.24, 2.45) is 5.92 Å². The molecule has 0 aliphatic carbocycles. The van der Waals surface area contributed by atoms with E-state index in [1.54, 1.807) is 6.92 Å². The number of amides is 3. The second kappa shape index (κ2) is 4.14. The topological polar surface area (TPSA) is 49.4 Å². The fraction of sp³-hybridized carbons (Fsp3) is 0.500. The first-order valence-electron chi connectivity index (χ1n) is 5.63. The average Bonchev–Trinajstić information content (AvgIpc) is 2.83. The van der Waals surface area contributed by atoms with Crippen molar-refractivity contribution >= 4 is 23.3 Å². The average molecular weight is 252 g/mol. The molecule has 4 nitrogen and oxygen atoms in total. The van der Waals surface area contributed by atoms with Gasteiger partial charge in [-0.2, -0.15) is 0 Å². The molecular formula is C12H16N2O2S. The molecule has 92 valence electrons. The van der Waals surface area contributed by atoms with Gasteiger partial charge < -0.3 is 5.32 Å². The first kappa shape index (κ1) is 12.1. The molecule has 1 aromatic rings. The number of thiophene rings is 1. The van der Waals surface area contributed by atoms with Crippen LogP contribution < -0.4 is 5.32 Å². The molecule has 2 rings (SSSR count). The number of carbonyl (C=O) groups is 2. The minimum absolute atomic E-state index is 0.154. The predicted molar refractivity (Wildman–Crippen MR) is 66.8 cm³/mol. The van der Waals surface area contributed by atoms with Crippen molar-refractivity contribution in [3.8, 4) is 0 Å². The van der Waals surface area contributed by atoms with Crippen molar-refractivity contribution in [2.45, 2.75) is 26.3 Å². The first-order chi connectivity index (χ1) is 7.95. The molecule has 1 fully saturated rings. The summed E-state index contributed by atoms with van der Waals surface area (Å²) < 4.78 is 0. The second-order valence-corrected chi connectivity index (χ2v) is 5.79. The summed E-state index contributed by atoms with van der Waals surface area (Å²) in [5.74, 6) is 0.119. The Morgan fingerprint density at radius 2 is 2.18 bits per heavy atom. The summed E-state index contributed by atoms with van der Waals surface area (Å²) in [6.07, 6.45) is 0. The molecule has 0 saturated carbocycles. The molecule has 5 heteroatoms. The lowest BCUT2D eigenvalue weighted by Gasteiger charge is -2.20. The maximum atomic E-state index is 12.3. The van der Waals surface area contributed by atoms with E-state index in [1.165, 1.54) is 16.2 Å². The number of nitrogens with one attached hydrogen (secondary N) is 1. The Bertz CT molecular complexity index is 441. The van der Waals surface area contributed by atoms with E-state index in [-0.39, 0.29) is 17.9 Å². The Balaban J connectivity index is 2.29. The van der Waals surface area contributed by atoms with Crippen LogP contribution in [0.25, 0.3) is 0 Å². The molecular weight excluding hydrogens is 236 g/mol. The van der Waals surface area contributed by atoms with Crippen molar-refractivity contribution in [2.75, 3.05) is 6.54 Å². The predicted octanol–water partition coefficient (Wildman–Crippen LogP) is 2.17. The van der Waals surface area contributed by atoms with Gasteiger partial charge in [-0.15, -0.1) is 11.3 Å². The van der Waals surface area contributed by atoms with Crippen LogP contribution in [0, 0.1) is 5.92 Å². The molecule has 1 saturated heterocycles. The molecule has 1 N–H and O–H groups in total. The second-order valence-electron chi connectivity index (χ2n) is 4.84. The molecule has 3 amide bonds. The van der Waals surface area contributed by atoms with Crippen LogP contribution in [0.5, 0.6) is 0 Å². The van der Waals surface area contributed by atoms with Crippen LogP contribution in [-0.4, -0.2) is 23.4 Å². The molecule has 1 unspecified atom stereocenters. The van der Waals surface area contributed by atoms with Gasteiger partial charge in [-0.05, 0) is 24.3 Å². The zero-order chi connectivity index (χ0) is 12.6. The lowest BCUT2D eigenvalue weighted by Crippen LogP contribution is -2.40. The Labute approximate surface area is 105 Å². The smallest absolute Gasteiger partial charge is 0.319 e. The number of nitrogens with zero attached hydrogens (tertiary/aromatic N) is 1. The summed E-state index contributed by atoms with van der Waals surface area (Å²) >= 11 is 1.48. The molecule has 0 bridgehead atoms.